The summed E-state index contributed by atoms with van der Waals surface area (Å²) in [4.78, 5) is 2.37. The third-order valence-electron chi connectivity index (χ3n) is 3.35. The van der Waals surface area contributed by atoms with Crippen molar-refractivity contribution >= 4 is 16.5 Å². The Kier molecular flexibility index (Phi) is 1.91. The molecule has 0 saturated carbocycles. The Balaban J connectivity index is 2.33. The highest BCUT2D eigenvalue weighted by atomic mass is 15.1. The van der Waals surface area contributed by atoms with Crippen LogP contribution in [-0.2, 0) is 6.42 Å². The van der Waals surface area contributed by atoms with E-state index in [9.17, 15) is 0 Å². The maximum atomic E-state index is 2.37. The second-order valence-electron chi connectivity index (χ2n) is 4.31. The van der Waals surface area contributed by atoms with Gasteiger partial charge in [-0.15, -0.1) is 0 Å². The Bertz CT molecular complexity index is 502. The van der Waals surface area contributed by atoms with Gasteiger partial charge < -0.3 is 4.90 Å². The lowest BCUT2D eigenvalue weighted by molar-refractivity contribution is 0.749. The second-order valence-corrected chi connectivity index (χ2v) is 4.31. The van der Waals surface area contributed by atoms with Gasteiger partial charge in [0.15, 0.2) is 0 Å². The van der Waals surface area contributed by atoms with Crippen LogP contribution >= 0.6 is 0 Å². The van der Waals surface area contributed by atoms with Gasteiger partial charge in [0.2, 0.25) is 0 Å². The summed E-state index contributed by atoms with van der Waals surface area (Å²) < 4.78 is 0. The van der Waals surface area contributed by atoms with Crippen molar-refractivity contribution in [3.8, 4) is 0 Å². The number of aryl methyl sites for hydroxylation is 1. The third-order valence-corrected chi connectivity index (χ3v) is 3.35. The van der Waals surface area contributed by atoms with Gasteiger partial charge in [-0.25, -0.2) is 0 Å². The van der Waals surface area contributed by atoms with Crippen molar-refractivity contribution in [1.29, 1.82) is 0 Å². The van der Waals surface area contributed by atoms with Crippen molar-refractivity contribution in [2.24, 2.45) is 0 Å². The molecule has 2 aromatic rings. The van der Waals surface area contributed by atoms with Crippen LogP contribution in [0.25, 0.3) is 10.8 Å². The monoisotopic (exact) mass is 197 g/mol. The highest BCUT2D eigenvalue weighted by molar-refractivity contribution is 5.90. The van der Waals surface area contributed by atoms with Gasteiger partial charge in [0.05, 0.1) is 0 Å². The number of hydrogen-bond donors (Lipinski definition) is 0. The fraction of sp³-hybridized carbons (Fsp3) is 0.286. The molecule has 0 unspecified atom stereocenters. The number of anilines is 1. The van der Waals surface area contributed by atoms with E-state index >= 15 is 0 Å². The molecule has 0 radical (unpaired) electrons. The van der Waals surface area contributed by atoms with Crippen LogP contribution in [0.4, 0.5) is 5.69 Å². The Labute approximate surface area is 90.3 Å². The summed E-state index contributed by atoms with van der Waals surface area (Å²) in [5, 5.41) is 2.80. The molecule has 15 heavy (non-hydrogen) atoms. The van der Waals surface area contributed by atoms with E-state index < -0.39 is 0 Å². The van der Waals surface area contributed by atoms with Crippen molar-refractivity contribution in [1.82, 2.24) is 0 Å². The lowest BCUT2D eigenvalue weighted by Gasteiger charge is -2.28. The van der Waals surface area contributed by atoms with Crippen molar-refractivity contribution < 1.29 is 0 Å². The molecule has 3 rings (SSSR count). The van der Waals surface area contributed by atoms with Crippen LogP contribution in [-0.4, -0.2) is 13.6 Å². The van der Waals surface area contributed by atoms with Crippen LogP contribution in [0.1, 0.15) is 12.0 Å². The van der Waals surface area contributed by atoms with E-state index in [0.29, 0.717) is 0 Å². The molecule has 2 aromatic carbocycles. The fourth-order valence-electron chi connectivity index (χ4n) is 2.56. The molecule has 0 aromatic heterocycles. The first-order chi connectivity index (χ1) is 7.36. The largest absolute Gasteiger partial charge is 0.374 e. The first kappa shape index (κ1) is 8.78. The SMILES string of the molecule is CN1CCCc2c1ccc1ccccc21. The van der Waals surface area contributed by atoms with Gasteiger partial charge in [-0.05, 0) is 35.2 Å². The van der Waals surface area contributed by atoms with Crippen LogP contribution < -0.4 is 4.90 Å². The van der Waals surface area contributed by atoms with E-state index in [2.05, 4.69) is 48.3 Å². The molecular formula is C14H15N. The van der Waals surface area contributed by atoms with Crippen molar-refractivity contribution in [2.75, 3.05) is 18.5 Å². The van der Waals surface area contributed by atoms with Crippen LogP contribution in [0.5, 0.6) is 0 Å². The van der Waals surface area contributed by atoms with Crippen molar-refractivity contribution in [3.05, 3.63) is 42.0 Å². The fourth-order valence-corrected chi connectivity index (χ4v) is 2.56. The van der Waals surface area contributed by atoms with E-state index in [1.165, 1.54) is 41.4 Å². The summed E-state index contributed by atoms with van der Waals surface area (Å²) in [5.74, 6) is 0. The van der Waals surface area contributed by atoms with Gasteiger partial charge in [-0.1, -0.05) is 30.3 Å². The lowest BCUT2D eigenvalue weighted by atomic mass is 9.95. The van der Waals surface area contributed by atoms with Crippen molar-refractivity contribution in [3.63, 3.8) is 0 Å². The maximum Gasteiger partial charge on any atom is 0.0402 e. The van der Waals surface area contributed by atoms with E-state index in [0.717, 1.165) is 0 Å². The van der Waals surface area contributed by atoms with Crippen LogP contribution in [0, 0.1) is 0 Å². The molecule has 0 bridgehead atoms. The van der Waals surface area contributed by atoms with Gasteiger partial charge in [0.1, 0.15) is 0 Å². The minimum Gasteiger partial charge on any atom is -0.374 e. The van der Waals surface area contributed by atoms with E-state index in [-0.39, 0.29) is 0 Å². The summed E-state index contributed by atoms with van der Waals surface area (Å²) in [6.45, 7) is 1.19. The predicted octanol–water partition coefficient (Wildman–Crippen LogP) is 3.22. The van der Waals surface area contributed by atoms with E-state index in [4.69, 9.17) is 0 Å². The molecule has 1 nitrogen and oxygen atoms in total. The standard InChI is InChI=1S/C14H15N/c1-15-10-4-7-13-12-6-3-2-5-11(12)8-9-14(13)15/h2-3,5-6,8-9H,4,7,10H2,1H3. The molecule has 0 N–H and O–H groups in total. The van der Waals surface area contributed by atoms with Crippen LogP contribution in [0.15, 0.2) is 36.4 Å². The number of rotatable bonds is 0. The Hall–Kier alpha value is -1.50. The lowest BCUT2D eigenvalue weighted by Crippen LogP contribution is -2.24. The molecule has 1 heteroatoms. The molecule has 1 heterocycles. The highest BCUT2D eigenvalue weighted by Gasteiger charge is 2.15. The first-order valence-electron chi connectivity index (χ1n) is 5.58. The molecule has 0 aliphatic carbocycles. The average Bonchev–Trinajstić information content (AvgIpc) is 2.29. The van der Waals surface area contributed by atoms with Gasteiger partial charge in [-0.3, -0.25) is 0 Å². The topological polar surface area (TPSA) is 3.24 Å². The van der Waals surface area contributed by atoms with Crippen LogP contribution in [0.2, 0.25) is 0 Å². The summed E-state index contributed by atoms with van der Waals surface area (Å²) in [7, 11) is 2.19. The van der Waals surface area contributed by atoms with Gasteiger partial charge >= 0.3 is 0 Å². The minimum absolute atomic E-state index is 1.19. The molecule has 0 fully saturated rings. The molecule has 0 amide bonds. The molecule has 76 valence electrons. The average molecular weight is 197 g/mol. The predicted molar refractivity (Wildman–Crippen MR) is 65.5 cm³/mol. The smallest absolute Gasteiger partial charge is 0.0402 e. The van der Waals surface area contributed by atoms with Gasteiger partial charge in [0, 0.05) is 19.3 Å². The summed E-state index contributed by atoms with van der Waals surface area (Å²) in [5.41, 5.74) is 2.95. The third kappa shape index (κ3) is 1.30. The summed E-state index contributed by atoms with van der Waals surface area (Å²) in [6.07, 6.45) is 2.50. The number of hydrogen-bond acceptors (Lipinski definition) is 1. The zero-order valence-corrected chi connectivity index (χ0v) is 9.03. The molecule has 0 saturated heterocycles. The Morgan fingerprint density at radius 3 is 2.87 bits per heavy atom. The minimum atomic E-state index is 1.19. The van der Waals surface area contributed by atoms with Crippen LogP contribution in [0.3, 0.4) is 0 Å². The van der Waals surface area contributed by atoms with E-state index in [1.54, 1.807) is 0 Å². The maximum absolute atomic E-state index is 2.37. The molecular weight excluding hydrogens is 182 g/mol. The number of nitrogens with zero attached hydrogens (tertiary/aromatic N) is 1. The second kappa shape index (κ2) is 3.27. The molecule has 1 aliphatic heterocycles. The Morgan fingerprint density at radius 1 is 1.07 bits per heavy atom. The highest BCUT2D eigenvalue weighted by Crippen LogP contribution is 2.32. The Morgan fingerprint density at radius 2 is 1.93 bits per heavy atom. The number of fused-ring (bicyclic) bond motifs is 3. The molecule has 0 spiro atoms. The normalized spacial score (nSPS) is 15.4. The zero-order chi connectivity index (χ0) is 10.3. The first-order valence-corrected chi connectivity index (χ1v) is 5.58. The zero-order valence-electron chi connectivity index (χ0n) is 9.03. The van der Waals surface area contributed by atoms with Gasteiger partial charge in [-0.2, -0.15) is 0 Å². The molecule has 1 aliphatic rings. The summed E-state index contributed by atoms with van der Waals surface area (Å²) >= 11 is 0. The van der Waals surface area contributed by atoms with Crippen molar-refractivity contribution in [2.45, 2.75) is 12.8 Å². The van der Waals surface area contributed by atoms with E-state index in [1.807, 2.05) is 0 Å². The molecule has 0 atom stereocenters. The quantitative estimate of drug-likeness (QED) is 0.626. The number of benzene rings is 2. The van der Waals surface area contributed by atoms with Gasteiger partial charge in [0.25, 0.3) is 0 Å². The summed E-state index contributed by atoms with van der Waals surface area (Å²) in [6, 6.07) is 13.2.